The van der Waals surface area contributed by atoms with E-state index in [2.05, 4.69) is 47.4 Å². The second-order valence-corrected chi connectivity index (χ2v) is 11.6. The Kier molecular flexibility index (Phi) is 8.93. The standard InChI is InChI=1S/C28H37N7O2S/c1-17-8-9-22(13-24(17)35(30)16-23(29)25-14-31-27(38-25)32-18(2)36)33-26(37)20-10-19(15-34(6)7)11-21(12-20)28(3,4)5/h8-14,16H,15,29-30H2,1-7H3,(H,33,37)(H,31,32,36)/b23-16-. The van der Waals surface area contributed by atoms with Crippen molar-refractivity contribution in [3.8, 4) is 0 Å². The van der Waals surface area contributed by atoms with Gasteiger partial charge >= 0.3 is 0 Å². The zero-order valence-electron chi connectivity index (χ0n) is 23.0. The number of amides is 2. The second-order valence-electron chi connectivity index (χ2n) is 10.6. The Labute approximate surface area is 228 Å². The van der Waals surface area contributed by atoms with Crippen LogP contribution >= 0.6 is 11.3 Å². The monoisotopic (exact) mass is 535 g/mol. The maximum Gasteiger partial charge on any atom is 0.255 e. The molecule has 0 saturated carbocycles. The quantitative estimate of drug-likeness (QED) is 0.244. The summed E-state index contributed by atoms with van der Waals surface area (Å²) in [4.78, 5) is 31.5. The largest absolute Gasteiger partial charge is 0.396 e. The molecule has 9 nitrogen and oxygen atoms in total. The van der Waals surface area contributed by atoms with E-state index in [0.29, 0.717) is 32.6 Å². The van der Waals surface area contributed by atoms with E-state index in [1.807, 2.05) is 45.3 Å². The Bertz CT molecular complexity index is 1360. The van der Waals surface area contributed by atoms with Gasteiger partial charge in [0.1, 0.15) is 0 Å². The number of carbonyl (C=O) groups is 2. The van der Waals surface area contributed by atoms with Gasteiger partial charge < -0.3 is 21.3 Å². The number of nitrogens with zero attached hydrogens (tertiary/aromatic N) is 3. The molecular weight excluding hydrogens is 498 g/mol. The predicted octanol–water partition coefficient (Wildman–Crippen LogP) is 4.66. The van der Waals surface area contributed by atoms with E-state index < -0.39 is 0 Å². The van der Waals surface area contributed by atoms with Crippen LogP contribution in [-0.2, 0) is 16.8 Å². The van der Waals surface area contributed by atoms with E-state index in [1.54, 1.807) is 18.5 Å². The van der Waals surface area contributed by atoms with Crippen molar-refractivity contribution in [3.63, 3.8) is 0 Å². The summed E-state index contributed by atoms with van der Waals surface area (Å²) < 4.78 is 0. The van der Waals surface area contributed by atoms with E-state index in [4.69, 9.17) is 11.6 Å². The van der Waals surface area contributed by atoms with Gasteiger partial charge in [0.2, 0.25) is 5.91 Å². The van der Waals surface area contributed by atoms with Gasteiger partial charge in [-0.15, -0.1) is 0 Å². The average Bonchev–Trinajstić information content (AvgIpc) is 3.27. The van der Waals surface area contributed by atoms with Crippen molar-refractivity contribution in [1.82, 2.24) is 9.88 Å². The lowest BCUT2D eigenvalue weighted by Crippen LogP contribution is -2.26. The first kappa shape index (κ1) is 28.8. The number of aryl methyl sites for hydroxylation is 1. The summed E-state index contributed by atoms with van der Waals surface area (Å²) in [5.74, 6) is 5.94. The number of aromatic nitrogens is 1. The Morgan fingerprint density at radius 2 is 1.82 bits per heavy atom. The zero-order valence-corrected chi connectivity index (χ0v) is 23.9. The average molecular weight is 536 g/mol. The molecule has 0 fully saturated rings. The van der Waals surface area contributed by atoms with E-state index in [9.17, 15) is 9.59 Å². The Hall–Kier alpha value is -3.73. The summed E-state index contributed by atoms with van der Waals surface area (Å²) in [7, 11) is 4.02. The minimum Gasteiger partial charge on any atom is -0.396 e. The second kappa shape index (κ2) is 11.8. The SMILES string of the molecule is CC(=O)Nc1ncc(/C(N)=C/N(N)c2cc(NC(=O)c3cc(CN(C)C)cc(C(C)(C)C)c3)ccc2C)s1. The number of benzene rings is 2. The number of anilines is 3. The van der Waals surface area contributed by atoms with Gasteiger partial charge in [-0.3, -0.25) is 14.6 Å². The Morgan fingerprint density at radius 3 is 2.45 bits per heavy atom. The lowest BCUT2D eigenvalue weighted by atomic mass is 9.85. The molecule has 0 aliphatic rings. The van der Waals surface area contributed by atoms with E-state index in [1.165, 1.54) is 23.3 Å². The molecule has 3 aromatic rings. The molecule has 0 spiro atoms. The number of hydrogen-bond acceptors (Lipinski definition) is 8. The third-order valence-corrected chi connectivity index (χ3v) is 6.68. The van der Waals surface area contributed by atoms with Crippen LogP contribution in [0.3, 0.4) is 0 Å². The van der Waals surface area contributed by atoms with Gasteiger partial charge in [0.05, 0.1) is 16.3 Å². The number of nitrogens with two attached hydrogens (primary N) is 2. The molecule has 202 valence electrons. The molecule has 2 amide bonds. The van der Waals surface area contributed by atoms with Crippen LogP contribution in [0.2, 0.25) is 0 Å². The molecule has 0 radical (unpaired) electrons. The smallest absolute Gasteiger partial charge is 0.255 e. The Balaban J connectivity index is 1.84. The normalized spacial score (nSPS) is 12.0. The highest BCUT2D eigenvalue weighted by atomic mass is 32.1. The van der Waals surface area contributed by atoms with Crippen molar-refractivity contribution in [2.45, 2.75) is 46.6 Å². The van der Waals surface area contributed by atoms with Crippen LogP contribution in [0, 0.1) is 6.92 Å². The molecule has 6 N–H and O–H groups in total. The summed E-state index contributed by atoms with van der Waals surface area (Å²) in [6, 6.07) is 11.6. The molecule has 0 atom stereocenters. The van der Waals surface area contributed by atoms with Crippen LogP contribution in [0.4, 0.5) is 16.5 Å². The van der Waals surface area contributed by atoms with Crippen molar-refractivity contribution in [1.29, 1.82) is 0 Å². The highest BCUT2D eigenvalue weighted by Gasteiger charge is 2.18. The van der Waals surface area contributed by atoms with Crippen LogP contribution in [0.5, 0.6) is 0 Å². The number of thiazole rings is 1. The third-order valence-electron chi connectivity index (χ3n) is 5.72. The van der Waals surface area contributed by atoms with Crippen LogP contribution in [-0.4, -0.2) is 35.8 Å². The maximum atomic E-state index is 13.3. The van der Waals surface area contributed by atoms with Gasteiger partial charge in [-0.1, -0.05) is 44.2 Å². The fourth-order valence-corrected chi connectivity index (χ4v) is 4.56. The van der Waals surface area contributed by atoms with Crippen LogP contribution in [0.15, 0.2) is 48.8 Å². The first-order valence-electron chi connectivity index (χ1n) is 12.2. The lowest BCUT2D eigenvalue weighted by molar-refractivity contribution is -0.114. The first-order chi connectivity index (χ1) is 17.7. The van der Waals surface area contributed by atoms with Gasteiger partial charge in [0.25, 0.3) is 5.91 Å². The molecule has 3 rings (SSSR count). The molecule has 2 aromatic carbocycles. The van der Waals surface area contributed by atoms with Gasteiger partial charge in [-0.25, -0.2) is 10.8 Å². The number of rotatable bonds is 8. The molecule has 0 bridgehead atoms. The maximum absolute atomic E-state index is 13.3. The number of hydrazine groups is 1. The number of carbonyl (C=O) groups excluding carboxylic acids is 2. The summed E-state index contributed by atoms with van der Waals surface area (Å²) in [6.07, 6.45) is 3.16. The van der Waals surface area contributed by atoms with Crippen molar-refractivity contribution in [2.75, 3.05) is 29.7 Å². The number of nitrogens with one attached hydrogen (secondary N) is 2. The molecule has 0 unspecified atom stereocenters. The van der Waals surface area contributed by atoms with Gasteiger partial charge in [-0.2, -0.15) is 0 Å². The Morgan fingerprint density at radius 1 is 1.11 bits per heavy atom. The fourth-order valence-electron chi connectivity index (χ4n) is 3.78. The van der Waals surface area contributed by atoms with Gasteiger partial charge in [0.15, 0.2) is 5.13 Å². The van der Waals surface area contributed by atoms with Crippen molar-refractivity contribution < 1.29 is 9.59 Å². The first-order valence-corrected chi connectivity index (χ1v) is 13.0. The predicted molar refractivity (Wildman–Crippen MR) is 157 cm³/mol. The summed E-state index contributed by atoms with van der Waals surface area (Å²) in [6.45, 7) is 10.5. The van der Waals surface area contributed by atoms with Crippen molar-refractivity contribution in [2.24, 2.45) is 11.6 Å². The molecule has 38 heavy (non-hydrogen) atoms. The summed E-state index contributed by atoms with van der Waals surface area (Å²) in [5.41, 5.74) is 11.5. The molecule has 1 heterocycles. The summed E-state index contributed by atoms with van der Waals surface area (Å²) in [5, 5.41) is 7.51. The van der Waals surface area contributed by atoms with E-state index >= 15 is 0 Å². The lowest BCUT2D eigenvalue weighted by Gasteiger charge is -2.22. The summed E-state index contributed by atoms with van der Waals surface area (Å²) >= 11 is 1.25. The zero-order chi connectivity index (χ0) is 28.2. The van der Waals surface area contributed by atoms with E-state index in [-0.39, 0.29) is 17.2 Å². The highest BCUT2D eigenvalue weighted by Crippen LogP contribution is 2.28. The molecule has 0 aliphatic heterocycles. The van der Waals surface area contributed by atoms with E-state index in [0.717, 1.165) is 23.2 Å². The molecule has 0 aliphatic carbocycles. The van der Waals surface area contributed by atoms with Crippen molar-refractivity contribution in [3.05, 3.63) is 75.9 Å². The molecule has 0 saturated heterocycles. The minimum atomic E-state index is -0.206. The van der Waals surface area contributed by atoms with Crippen LogP contribution in [0.1, 0.15) is 59.6 Å². The van der Waals surface area contributed by atoms with Gasteiger partial charge in [-0.05, 0) is 67.4 Å². The van der Waals surface area contributed by atoms with Crippen molar-refractivity contribution >= 4 is 45.4 Å². The fraction of sp³-hybridized carbons (Fsp3) is 0.321. The number of hydrogen-bond donors (Lipinski definition) is 4. The molecule has 10 heteroatoms. The van der Waals surface area contributed by atoms with Crippen LogP contribution in [0.25, 0.3) is 5.70 Å². The topological polar surface area (TPSA) is 130 Å². The molecule has 1 aromatic heterocycles. The minimum absolute atomic E-state index is 0.0956. The van der Waals surface area contributed by atoms with Crippen LogP contribution < -0.4 is 27.2 Å². The van der Waals surface area contributed by atoms with Gasteiger partial charge in [0, 0.05) is 37.1 Å². The third kappa shape index (κ3) is 7.64. The molecular formula is C28H37N7O2S. The highest BCUT2D eigenvalue weighted by molar-refractivity contribution is 7.16.